The molecule has 7 aromatic carbocycles. The monoisotopic (exact) mass is 645 g/mol. The fraction of sp³-hybridized carbons (Fsp3) is 0. The summed E-state index contributed by atoms with van der Waals surface area (Å²) in [6.45, 7) is 0. The van der Waals surface area contributed by atoms with E-state index in [9.17, 15) is 0 Å². The van der Waals surface area contributed by atoms with Gasteiger partial charge in [-0.1, -0.05) is 139 Å². The largest absolute Gasteiger partial charge is 0.455 e. The van der Waals surface area contributed by atoms with Crippen LogP contribution in [0.4, 0.5) is 0 Å². The first-order chi connectivity index (χ1) is 26.9. The Morgan fingerprint density at radius 1 is 0.480 bits per heavy atom. The Hall–Kier alpha value is -6.85. The molecule has 0 bridgehead atoms. The fourth-order valence-electron chi connectivity index (χ4n) is 6.91. The third-order valence-corrected chi connectivity index (χ3v) is 9.17. The SMILES string of the molecule is [2H]c1c([2H])c([2H])c(-c2cccc3c2c2ccccc2n3-c2nc(-c3ccccc3)nc(-c3cccc4c3oc3ccc(-c5ccccc5)cc34)n2)c([2H])c1[2H]. The predicted octanol–water partition coefficient (Wildman–Crippen LogP) is 11.5. The van der Waals surface area contributed by atoms with Crippen LogP contribution in [-0.2, 0) is 0 Å². The summed E-state index contributed by atoms with van der Waals surface area (Å²) >= 11 is 0. The maximum absolute atomic E-state index is 8.81. The first-order valence-electron chi connectivity index (χ1n) is 18.8. The molecule has 0 aliphatic carbocycles. The number of hydrogen-bond donors (Lipinski definition) is 0. The average molecular weight is 646 g/mol. The van der Waals surface area contributed by atoms with E-state index in [0.717, 1.165) is 43.9 Å². The van der Waals surface area contributed by atoms with Gasteiger partial charge in [0.25, 0.3) is 0 Å². The smallest absolute Gasteiger partial charge is 0.238 e. The third kappa shape index (κ3) is 4.52. The van der Waals surface area contributed by atoms with Crippen LogP contribution in [0.3, 0.4) is 0 Å². The van der Waals surface area contributed by atoms with Gasteiger partial charge in [0.15, 0.2) is 11.6 Å². The maximum atomic E-state index is 8.81. The highest BCUT2D eigenvalue weighted by Crippen LogP contribution is 2.40. The van der Waals surface area contributed by atoms with Gasteiger partial charge in [-0.15, -0.1) is 0 Å². The van der Waals surface area contributed by atoms with Gasteiger partial charge in [0.05, 0.1) is 23.5 Å². The van der Waals surface area contributed by atoms with Crippen LogP contribution < -0.4 is 0 Å². The van der Waals surface area contributed by atoms with Crippen LogP contribution in [0.25, 0.3) is 94.7 Å². The third-order valence-electron chi connectivity index (χ3n) is 9.17. The van der Waals surface area contributed by atoms with E-state index in [0.29, 0.717) is 45.2 Å². The second-order valence-electron chi connectivity index (χ2n) is 12.1. The number of fused-ring (bicyclic) bond motifs is 6. The molecule has 5 heteroatoms. The van der Waals surface area contributed by atoms with E-state index in [1.54, 1.807) is 6.07 Å². The van der Waals surface area contributed by atoms with Crippen molar-refractivity contribution in [2.24, 2.45) is 0 Å². The molecule has 0 atom stereocenters. The molecule has 0 amide bonds. The van der Waals surface area contributed by atoms with Crippen LogP contribution in [0.2, 0.25) is 0 Å². The lowest BCUT2D eigenvalue weighted by molar-refractivity contribution is 0.669. The molecule has 0 spiro atoms. The highest BCUT2D eigenvalue weighted by Gasteiger charge is 2.21. The zero-order valence-electron chi connectivity index (χ0n) is 31.5. The molecule has 234 valence electrons. The van der Waals surface area contributed by atoms with E-state index < -0.39 is 6.04 Å². The molecular weight excluding hydrogens is 613 g/mol. The molecule has 0 aliphatic rings. The Bertz CT molecular complexity index is 3130. The average Bonchev–Trinajstić information content (AvgIpc) is 3.79. The molecule has 50 heavy (non-hydrogen) atoms. The van der Waals surface area contributed by atoms with Crippen LogP contribution in [-0.4, -0.2) is 19.5 Å². The van der Waals surface area contributed by atoms with Crippen molar-refractivity contribution in [2.45, 2.75) is 0 Å². The summed E-state index contributed by atoms with van der Waals surface area (Å²) < 4.78 is 51.1. The fourth-order valence-corrected chi connectivity index (χ4v) is 6.91. The van der Waals surface area contributed by atoms with E-state index in [2.05, 4.69) is 24.3 Å². The summed E-state index contributed by atoms with van der Waals surface area (Å²) in [5.41, 5.74) is 7.26. The highest BCUT2D eigenvalue weighted by atomic mass is 16.3. The van der Waals surface area contributed by atoms with E-state index in [-0.39, 0.29) is 29.7 Å². The molecular formula is C45H28N4O. The number of nitrogens with zero attached hydrogens (tertiary/aromatic N) is 4. The second-order valence-corrected chi connectivity index (χ2v) is 12.1. The molecule has 0 unspecified atom stereocenters. The zero-order valence-corrected chi connectivity index (χ0v) is 26.5. The summed E-state index contributed by atoms with van der Waals surface area (Å²) in [5, 5.41) is 3.46. The molecule has 3 aromatic heterocycles. The number of aromatic nitrogens is 4. The van der Waals surface area contributed by atoms with Crippen molar-refractivity contribution in [3.8, 4) is 51.0 Å². The zero-order chi connectivity index (χ0) is 37.4. The maximum Gasteiger partial charge on any atom is 0.238 e. The van der Waals surface area contributed by atoms with E-state index >= 15 is 0 Å². The predicted molar refractivity (Wildman–Crippen MR) is 203 cm³/mol. The molecule has 10 aromatic rings. The second kappa shape index (κ2) is 11.4. The van der Waals surface area contributed by atoms with Crippen molar-refractivity contribution >= 4 is 43.7 Å². The van der Waals surface area contributed by atoms with Gasteiger partial charge in [0, 0.05) is 27.1 Å². The van der Waals surface area contributed by atoms with Crippen molar-refractivity contribution < 1.29 is 11.3 Å². The number of para-hydroxylation sites is 2. The first-order valence-corrected chi connectivity index (χ1v) is 16.3. The van der Waals surface area contributed by atoms with Crippen LogP contribution in [0.5, 0.6) is 0 Å². The Kier molecular flexibility index (Phi) is 5.35. The van der Waals surface area contributed by atoms with Gasteiger partial charge in [-0.25, -0.2) is 4.98 Å². The Balaban J connectivity index is 1.24. The Morgan fingerprint density at radius 2 is 1.16 bits per heavy atom. The molecule has 0 saturated heterocycles. The van der Waals surface area contributed by atoms with Crippen molar-refractivity contribution in [1.29, 1.82) is 0 Å². The first kappa shape index (κ1) is 23.5. The van der Waals surface area contributed by atoms with E-state index in [4.69, 9.17) is 26.2 Å². The van der Waals surface area contributed by atoms with Crippen LogP contribution in [0.15, 0.2) is 174 Å². The van der Waals surface area contributed by atoms with Crippen molar-refractivity contribution in [1.82, 2.24) is 19.5 Å². The van der Waals surface area contributed by atoms with Crippen molar-refractivity contribution in [3.63, 3.8) is 0 Å². The summed E-state index contributed by atoms with van der Waals surface area (Å²) in [6.07, 6.45) is 0. The van der Waals surface area contributed by atoms with Gasteiger partial charge in [0.2, 0.25) is 5.95 Å². The summed E-state index contributed by atoms with van der Waals surface area (Å²) in [5.74, 6) is 1.24. The van der Waals surface area contributed by atoms with Gasteiger partial charge in [-0.3, -0.25) is 4.57 Å². The van der Waals surface area contributed by atoms with Crippen LogP contribution in [0.1, 0.15) is 6.85 Å². The van der Waals surface area contributed by atoms with E-state index in [1.807, 2.05) is 114 Å². The summed E-state index contributed by atoms with van der Waals surface area (Å²) in [4.78, 5) is 15.3. The number of hydrogen-bond acceptors (Lipinski definition) is 4. The minimum absolute atomic E-state index is 0.132. The molecule has 0 fully saturated rings. The number of benzene rings is 7. The normalized spacial score (nSPS) is 13.0. The molecule has 3 heterocycles. The Labute approximate surface area is 294 Å². The molecule has 0 radical (unpaired) electrons. The van der Waals surface area contributed by atoms with E-state index in [1.165, 1.54) is 0 Å². The number of furan rings is 1. The molecule has 0 aliphatic heterocycles. The highest BCUT2D eigenvalue weighted by molar-refractivity contribution is 6.15. The van der Waals surface area contributed by atoms with Gasteiger partial charge in [0.1, 0.15) is 11.2 Å². The minimum Gasteiger partial charge on any atom is -0.455 e. The molecule has 10 rings (SSSR count). The van der Waals surface area contributed by atoms with Crippen molar-refractivity contribution in [3.05, 3.63) is 170 Å². The van der Waals surface area contributed by atoms with Crippen LogP contribution in [0, 0.1) is 0 Å². The quantitative estimate of drug-likeness (QED) is 0.187. The molecule has 0 N–H and O–H groups in total. The number of rotatable bonds is 5. The summed E-state index contributed by atoms with van der Waals surface area (Å²) in [6, 6.07) is 43.8. The van der Waals surface area contributed by atoms with Crippen molar-refractivity contribution in [2.75, 3.05) is 0 Å². The van der Waals surface area contributed by atoms with Crippen LogP contribution >= 0.6 is 0 Å². The van der Waals surface area contributed by atoms with Gasteiger partial charge in [-0.2, -0.15) is 9.97 Å². The van der Waals surface area contributed by atoms with Gasteiger partial charge in [-0.05, 0) is 52.6 Å². The lowest BCUT2D eigenvalue weighted by atomic mass is 9.99. The minimum atomic E-state index is -0.435. The lowest BCUT2D eigenvalue weighted by Gasteiger charge is -2.11. The molecule has 5 nitrogen and oxygen atoms in total. The van der Waals surface area contributed by atoms with Gasteiger partial charge >= 0.3 is 0 Å². The standard InChI is InChI=1S/C45H28N4O/c1-4-14-29(15-5-1)32-26-27-40-37(28-32)34-22-12-23-36(42(34)50-40)44-46-43(31-18-8-3-9-19-31)47-45(48-44)49-38-24-11-10-20-35(38)41-33(21-13-25-39(41)49)30-16-6-2-7-17-30/h1-28H/i2D,6D,7D,16D,17D. The van der Waals surface area contributed by atoms with Gasteiger partial charge < -0.3 is 4.42 Å². The molecule has 0 saturated carbocycles. The topological polar surface area (TPSA) is 56.7 Å². The Morgan fingerprint density at radius 3 is 2.00 bits per heavy atom. The lowest BCUT2D eigenvalue weighted by Crippen LogP contribution is -2.06. The summed E-state index contributed by atoms with van der Waals surface area (Å²) in [7, 11) is 0.